The van der Waals surface area contributed by atoms with E-state index < -0.39 is 0 Å². The fraction of sp³-hybridized carbons (Fsp3) is 0. The number of benzene rings is 8. The minimum atomic E-state index is 0.636. The summed E-state index contributed by atoms with van der Waals surface area (Å²) in [6.45, 7) is 0. The second-order valence-electron chi connectivity index (χ2n) is 12.5. The third-order valence-corrected chi connectivity index (χ3v) is 9.61. The van der Waals surface area contributed by atoms with Crippen LogP contribution in [-0.2, 0) is 0 Å². The van der Waals surface area contributed by atoms with Gasteiger partial charge in [-0.15, -0.1) is 0 Å². The summed E-state index contributed by atoms with van der Waals surface area (Å²) in [7, 11) is 0. The van der Waals surface area contributed by atoms with Crippen molar-refractivity contribution in [1.82, 2.24) is 19.5 Å². The van der Waals surface area contributed by atoms with Gasteiger partial charge >= 0.3 is 0 Å². The van der Waals surface area contributed by atoms with Crippen molar-refractivity contribution >= 4 is 54.1 Å². The molecule has 2 aromatic heterocycles. The van der Waals surface area contributed by atoms with E-state index in [4.69, 9.17) is 15.0 Å². The van der Waals surface area contributed by atoms with Crippen LogP contribution in [0.25, 0.3) is 94.0 Å². The van der Waals surface area contributed by atoms with Gasteiger partial charge in [-0.05, 0) is 62.6 Å². The maximum Gasteiger partial charge on any atom is 0.164 e. The Morgan fingerprint density at radius 2 is 0.816 bits per heavy atom. The molecule has 0 aliphatic rings. The summed E-state index contributed by atoms with van der Waals surface area (Å²) in [5.74, 6) is 1.93. The van der Waals surface area contributed by atoms with Crippen molar-refractivity contribution in [2.75, 3.05) is 0 Å². The number of nitrogens with zero attached hydrogens (tertiary/aromatic N) is 4. The normalized spacial score (nSPS) is 11.7. The Balaban J connectivity index is 1.14. The summed E-state index contributed by atoms with van der Waals surface area (Å²) in [6, 6.07) is 59.8. The molecule has 0 amide bonds. The lowest BCUT2D eigenvalue weighted by molar-refractivity contribution is 1.07. The average molecular weight is 625 g/mol. The highest BCUT2D eigenvalue weighted by molar-refractivity contribution is 6.17. The Morgan fingerprint density at radius 1 is 0.306 bits per heavy atom. The van der Waals surface area contributed by atoms with Crippen molar-refractivity contribution in [3.63, 3.8) is 0 Å². The van der Waals surface area contributed by atoms with E-state index in [0.717, 1.165) is 27.8 Å². The molecule has 2 heterocycles. The van der Waals surface area contributed by atoms with E-state index in [9.17, 15) is 0 Å². The first-order chi connectivity index (χ1) is 24.3. The van der Waals surface area contributed by atoms with E-state index in [0.29, 0.717) is 17.5 Å². The molecule has 0 saturated carbocycles. The van der Waals surface area contributed by atoms with Crippen molar-refractivity contribution in [3.8, 4) is 39.9 Å². The molecule has 0 radical (unpaired) electrons. The van der Waals surface area contributed by atoms with Gasteiger partial charge in [0.2, 0.25) is 0 Å². The van der Waals surface area contributed by atoms with Crippen LogP contribution in [0, 0.1) is 0 Å². The van der Waals surface area contributed by atoms with Crippen molar-refractivity contribution in [1.29, 1.82) is 0 Å². The summed E-state index contributed by atoms with van der Waals surface area (Å²) in [5.41, 5.74) is 6.22. The van der Waals surface area contributed by atoms with Gasteiger partial charge in [0.25, 0.3) is 0 Å². The SMILES string of the molecule is c1ccc(-c2nc(-c3cccc(-n4c5ccccc5c5ccccc54)c3)nc(-c3ccc4c(ccc5c6ccccc6ccc45)c3)n2)cc1. The first-order valence-corrected chi connectivity index (χ1v) is 16.5. The standard InChI is InChI=1S/C45H28N4/c1-2-12-30(13-3-1)43-46-44(32-14-10-15-34(28-32)49-41-19-8-6-17-39(41)40-18-7-9-20-42(40)49)48-45(47-43)33-23-24-36-31(27-33)22-26-37-35-16-5-4-11-29(35)21-25-38(36)37/h1-28H. The molecular weight excluding hydrogens is 597 g/mol. The molecule has 0 aliphatic carbocycles. The molecule has 4 heteroatoms. The number of para-hydroxylation sites is 2. The van der Waals surface area contributed by atoms with Crippen LogP contribution in [-0.4, -0.2) is 19.5 Å². The lowest BCUT2D eigenvalue weighted by Crippen LogP contribution is -2.01. The summed E-state index contributed by atoms with van der Waals surface area (Å²) in [6.07, 6.45) is 0. The maximum atomic E-state index is 5.13. The van der Waals surface area contributed by atoms with E-state index in [-0.39, 0.29) is 0 Å². The van der Waals surface area contributed by atoms with E-state index in [1.54, 1.807) is 0 Å². The van der Waals surface area contributed by atoms with Gasteiger partial charge in [-0.2, -0.15) is 0 Å². The quantitative estimate of drug-likeness (QED) is 0.183. The van der Waals surface area contributed by atoms with E-state index >= 15 is 0 Å². The largest absolute Gasteiger partial charge is 0.309 e. The van der Waals surface area contributed by atoms with E-state index in [2.05, 4.69) is 144 Å². The number of aromatic nitrogens is 4. The van der Waals surface area contributed by atoms with E-state index in [1.807, 2.05) is 30.3 Å². The molecule has 0 atom stereocenters. The fourth-order valence-electron chi connectivity index (χ4n) is 7.30. The molecule has 0 saturated heterocycles. The van der Waals surface area contributed by atoms with Gasteiger partial charge in [0, 0.05) is 33.2 Å². The zero-order chi connectivity index (χ0) is 32.3. The van der Waals surface area contributed by atoms with Gasteiger partial charge < -0.3 is 4.57 Å². The molecule has 0 bridgehead atoms. The van der Waals surface area contributed by atoms with Gasteiger partial charge in [0.1, 0.15) is 0 Å². The molecular formula is C45H28N4. The zero-order valence-electron chi connectivity index (χ0n) is 26.5. The molecule has 0 fully saturated rings. The fourth-order valence-corrected chi connectivity index (χ4v) is 7.30. The van der Waals surface area contributed by atoms with Crippen LogP contribution in [0.1, 0.15) is 0 Å². The van der Waals surface area contributed by atoms with Crippen molar-refractivity contribution in [3.05, 3.63) is 170 Å². The summed E-state index contributed by atoms with van der Waals surface area (Å²) >= 11 is 0. The highest BCUT2D eigenvalue weighted by Gasteiger charge is 2.16. The van der Waals surface area contributed by atoms with Crippen LogP contribution in [0.4, 0.5) is 0 Å². The molecule has 0 N–H and O–H groups in total. The van der Waals surface area contributed by atoms with Crippen LogP contribution in [0.15, 0.2) is 170 Å². The van der Waals surface area contributed by atoms with Gasteiger partial charge in [-0.3, -0.25) is 0 Å². The molecule has 4 nitrogen and oxygen atoms in total. The average Bonchev–Trinajstić information content (AvgIpc) is 3.52. The van der Waals surface area contributed by atoms with Gasteiger partial charge in [0.05, 0.1) is 11.0 Å². The minimum Gasteiger partial charge on any atom is -0.309 e. The topological polar surface area (TPSA) is 43.6 Å². The van der Waals surface area contributed by atoms with Crippen LogP contribution in [0.5, 0.6) is 0 Å². The predicted molar refractivity (Wildman–Crippen MR) is 203 cm³/mol. The lowest BCUT2D eigenvalue weighted by Gasteiger charge is -2.12. The van der Waals surface area contributed by atoms with E-state index in [1.165, 1.54) is 48.7 Å². The number of fused-ring (bicyclic) bond motifs is 8. The highest BCUT2D eigenvalue weighted by Crippen LogP contribution is 2.35. The van der Waals surface area contributed by atoms with Crippen LogP contribution < -0.4 is 0 Å². The Kier molecular flexibility index (Phi) is 6.15. The first-order valence-electron chi connectivity index (χ1n) is 16.5. The Hall–Kier alpha value is -6.65. The predicted octanol–water partition coefficient (Wildman–Crippen LogP) is 11.4. The molecule has 8 aromatic carbocycles. The molecule has 10 rings (SSSR count). The van der Waals surface area contributed by atoms with Crippen LogP contribution in [0.3, 0.4) is 0 Å². The summed E-state index contributed by atoms with van der Waals surface area (Å²) in [4.78, 5) is 15.2. The van der Waals surface area contributed by atoms with Crippen molar-refractivity contribution < 1.29 is 0 Å². The maximum absolute atomic E-state index is 5.13. The third kappa shape index (κ3) is 4.49. The Morgan fingerprint density at radius 3 is 1.53 bits per heavy atom. The molecule has 0 spiro atoms. The third-order valence-electron chi connectivity index (χ3n) is 9.61. The number of rotatable bonds is 4. The second-order valence-corrected chi connectivity index (χ2v) is 12.5. The van der Waals surface area contributed by atoms with Crippen molar-refractivity contribution in [2.45, 2.75) is 0 Å². The summed E-state index contributed by atoms with van der Waals surface area (Å²) < 4.78 is 2.32. The Labute approximate surface area is 282 Å². The highest BCUT2D eigenvalue weighted by atomic mass is 15.0. The number of hydrogen-bond donors (Lipinski definition) is 0. The summed E-state index contributed by atoms with van der Waals surface area (Å²) in [5, 5.41) is 9.84. The molecule has 10 aromatic rings. The zero-order valence-corrected chi connectivity index (χ0v) is 26.5. The minimum absolute atomic E-state index is 0.636. The van der Waals surface area contributed by atoms with Crippen LogP contribution >= 0.6 is 0 Å². The molecule has 49 heavy (non-hydrogen) atoms. The van der Waals surface area contributed by atoms with Crippen LogP contribution in [0.2, 0.25) is 0 Å². The van der Waals surface area contributed by atoms with Gasteiger partial charge in [0.15, 0.2) is 17.5 Å². The monoisotopic (exact) mass is 624 g/mol. The van der Waals surface area contributed by atoms with Gasteiger partial charge in [-0.1, -0.05) is 140 Å². The molecule has 0 unspecified atom stereocenters. The number of hydrogen-bond acceptors (Lipinski definition) is 3. The lowest BCUT2D eigenvalue weighted by atomic mass is 9.96. The molecule has 228 valence electrons. The first kappa shape index (κ1) is 27.5. The van der Waals surface area contributed by atoms with Crippen molar-refractivity contribution in [2.24, 2.45) is 0 Å². The van der Waals surface area contributed by atoms with Gasteiger partial charge in [-0.25, -0.2) is 15.0 Å². The Bertz CT molecular complexity index is 2830. The molecule has 0 aliphatic heterocycles. The smallest absolute Gasteiger partial charge is 0.164 e. The second kappa shape index (κ2) is 11.0.